The second-order valence-corrected chi connectivity index (χ2v) is 5.79. The van der Waals surface area contributed by atoms with Gasteiger partial charge >= 0.3 is 11.9 Å². The van der Waals surface area contributed by atoms with Gasteiger partial charge in [0.05, 0.1) is 12.0 Å². The highest BCUT2D eigenvalue weighted by Crippen LogP contribution is 2.18. The number of carboxylic acids is 1. The van der Waals surface area contributed by atoms with Crippen molar-refractivity contribution in [1.29, 1.82) is 0 Å². The van der Waals surface area contributed by atoms with E-state index in [9.17, 15) is 9.59 Å². The zero-order valence-electron chi connectivity index (χ0n) is 10.5. The average Bonchev–Trinajstić information content (AvgIpc) is 2.17. The highest BCUT2D eigenvalue weighted by molar-refractivity contribution is 9.10. The lowest BCUT2D eigenvalue weighted by Crippen LogP contribution is -2.25. The molecule has 1 N–H and O–H groups in total. The van der Waals surface area contributed by atoms with E-state index in [2.05, 4.69) is 15.9 Å². The highest BCUT2D eigenvalue weighted by atomic mass is 79.9. The summed E-state index contributed by atoms with van der Waals surface area (Å²) < 4.78 is 5.82. The quantitative estimate of drug-likeness (QED) is 0.871. The summed E-state index contributed by atoms with van der Waals surface area (Å²) in [5, 5.41) is 9.06. The van der Waals surface area contributed by atoms with Crippen LogP contribution in [-0.2, 0) is 16.0 Å². The number of carboxylic acid groups (broad SMARTS) is 1. The van der Waals surface area contributed by atoms with Gasteiger partial charge in [0.25, 0.3) is 0 Å². The van der Waals surface area contributed by atoms with Crippen molar-refractivity contribution in [2.45, 2.75) is 32.8 Å². The van der Waals surface area contributed by atoms with E-state index < -0.39 is 17.5 Å². The number of rotatable bonds is 3. The van der Waals surface area contributed by atoms with Gasteiger partial charge in [-0.1, -0.05) is 22.0 Å². The molecule has 0 saturated heterocycles. The SMILES string of the molecule is CC(C)(C)OC(=O)Cc1ccc(Br)cc1C(=O)O. The Balaban J connectivity index is 2.91. The summed E-state index contributed by atoms with van der Waals surface area (Å²) in [7, 11) is 0. The zero-order chi connectivity index (χ0) is 13.9. The molecule has 0 radical (unpaired) electrons. The van der Waals surface area contributed by atoms with Gasteiger partial charge in [-0.05, 0) is 38.5 Å². The minimum absolute atomic E-state index is 0.0494. The fourth-order valence-corrected chi connectivity index (χ4v) is 1.80. The first-order valence-electron chi connectivity index (χ1n) is 5.42. The van der Waals surface area contributed by atoms with Gasteiger partial charge in [-0.25, -0.2) is 4.79 Å². The van der Waals surface area contributed by atoms with Gasteiger partial charge in [-0.3, -0.25) is 4.79 Å². The van der Waals surface area contributed by atoms with Crippen LogP contribution in [0.4, 0.5) is 0 Å². The number of carbonyl (C=O) groups is 2. The third kappa shape index (κ3) is 4.49. The number of ether oxygens (including phenoxy) is 1. The summed E-state index contributed by atoms with van der Waals surface area (Å²) >= 11 is 3.20. The van der Waals surface area contributed by atoms with E-state index in [1.165, 1.54) is 6.07 Å². The van der Waals surface area contributed by atoms with Crippen LogP contribution in [0.2, 0.25) is 0 Å². The second-order valence-electron chi connectivity index (χ2n) is 4.87. The summed E-state index contributed by atoms with van der Waals surface area (Å²) in [6, 6.07) is 4.78. The van der Waals surface area contributed by atoms with E-state index in [0.29, 0.717) is 10.0 Å². The standard InChI is InChI=1S/C13H15BrO4/c1-13(2,3)18-11(15)6-8-4-5-9(14)7-10(8)12(16)17/h4-5,7H,6H2,1-3H3,(H,16,17). The molecule has 1 rings (SSSR count). The molecule has 0 unspecified atom stereocenters. The topological polar surface area (TPSA) is 63.6 Å². The molecule has 0 fully saturated rings. The summed E-state index contributed by atoms with van der Waals surface area (Å²) in [4.78, 5) is 22.7. The molecule has 0 aliphatic carbocycles. The molecule has 0 aliphatic rings. The van der Waals surface area contributed by atoms with E-state index in [4.69, 9.17) is 9.84 Å². The van der Waals surface area contributed by atoms with E-state index in [0.717, 1.165) is 0 Å². The highest BCUT2D eigenvalue weighted by Gasteiger charge is 2.19. The molecular formula is C13H15BrO4. The Morgan fingerprint density at radius 1 is 1.33 bits per heavy atom. The van der Waals surface area contributed by atoms with E-state index in [1.54, 1.807) is 32.9 Å². The molecule has 18 heavy (non-hydrogen) atoms. The monoisotopic (exact) mass is 314 g/mol. The molecule has 0 saturated carbocycles. The Bertz CT molecular complexity index is 474. The number of benzene rings is 1. The van der Waals surface area contributed by atoms with Crippen LogP contribution in [0.25, 0.3) is 0 Å². The van der Waals surface area contributed by atoms with Gasteiger partial charge in [-0.2, -0.15) is 0 Å². The molecule has 0 heterocycles. The molecular weight excluding hydrogens is 300 g/mol. The Morgan fingerprint density at radius 3 is 2.44 bits per heavy atom. The molecule has 4 nitrogen and oxygen atoms in total. The first-order chi connectivity index (χ1) is 8.19. The summed E-state index contributed by atoms with van der Waals surface area (Å²) in [5.41, 5.74) is -0.0225. The van der Waals surface area contributed by atoms with Crippen molar-refractivity contribution in [2.75, 3.05) is 0 Å². The Hall–Kier alpha value is -1.36. The van der Waals surface area contributed by atoms with Crippen molar-refractivity contribution >= 4 is 27.9 Å². The zero-order valence-corrected chi connectivity index (χ0v) is 12.1. The minimum Gasteiger partial charge on any atom is -0.478 e. The number of aromatic carboxylic acids is 1. The molecule has 0 aromatic heterocycles. The van der Waals surface area contributed by atoms with Crippen LogP contribution in [0.1, 0.15) is 36.7 Å². The molecule has 98 valence electrons. The van der Waals surface area contributed by atoms with Gasteiger partial charge in [-0.15, -0.1) is 0 Å². The maximum absolute atomic E-state index is 11.7. The molecule has 0 amide bonds. The molecule has 0 spiro atoms. The van der Waals surface area contributed by atoms with Gasteiger partial charge < -0.3 is 9.84 Å². The first-order valence-corrected chi connectivity index (χ1v) is 6.22. The minimum atomic E-state index is -1.06. The first kappa shape index (κ1) is 14.7. The molecule has 0 atom stereocenters. The van der Waals surface area contributed by atoms with Crippen LogP contribution in [0.15, 0.2) is 22.7 Å². The van der Waals surface area contributed by atoms with Gasteiger partial charge in [0.1, 0.15) is 5.60 Å². The predicted molar refractivity (Wildman–Crippen MR) is 70.7 cm³/mol. The molecule has 5 heteroatoms. The normalized spacial score (nSPS) is 11.1. The van der Waals surface area contributed by atoms with Crippen LogP contribution >= 0.6 is 15.9 Å². The third-order valence-corrected chi connectivity index (χ3v) is 2.55. The van der Waals surface area contributed by atoms with Crippen molar-refractivity contribution in [2.24, 2.45) is 0 Å². The van der Waals surface area contributed by atoms with Gasteiger partial charge in [0, 0.05) is 4.47 Å². The second kappa shape index (κ2) is 5.52. The van der Waals surface area contributed by atoms with E-state index in [1.807, 2.05) is 0 Å². The fourth-order valence-electron chi connectivity index (χ4n) is 1.44. The Kier molecular flexibility index (Phi) is 4.51. The number of halogens is 1. The maximum atomic E-state index is 11.7. The summed E-state index contributed by atoms with van der Waals surface area (Å²) in [6.07, 6.45) is -0.0494. The van der Waals surface area contributed by atoms with Crippen LogP contribution in [0, 0.1) is 0 Å². The molecule has 1 aromatic carbocycles. The summed E-state index contributed by atoms with van der Waals surface area (Å²) in [6.45, 7) is 5.31. The largest absolute Gasteiger partial charge is 0.478 e. The van der Waals surface area contributed by atoms with Crippen LogP contribution < -0.4 is 0 Å². The van der Waals surface area contributed by atoms with Crippen molar-refractivity contribution in [3.05, 3.63) is 33.8 Å². The van der Waals surface area contributed by atoms with Crippen molar-refractivity contribution in [3.63, 3.8) is 0 Å². The van der Waals surface area contributed by atoms with Crippen LogP contribution in [-0.4, -0.2) is 22.6 Å². The Labute approximate surface area is 114 Å². The van der Waals surface area contributed by atoms with Gasteiger partial charge in [0.15, 0.2) is 0 Å². The molecule has 1 aromatic rings. The van der Waals surface area contributed by atoms with E-state index in [-0.39, 0.29) is 12.0 Å². The van der Waals surface area contributed by atoms with E-state index >= 15 is 0 Å². The molecule has 0 aliphatic heterocycles. The van der Waals surface area contributed by atoms with Crippen molar-refractivity contribution in [1.82, 2.24) is 0 Å². The van der Waals surface area contributed by atoms with Gasteiger partial charge in [0.2, 0.25) is 0 Å². The lowest BCUT2D eigenvalue weighted by Gasteiger charge is -2.19. The lowest BCUT2D eigenvalue weighted by molar-refractivity contribution is -0.153. The maximum Gasteiger partial charge on any atom is 0.336 e. The summed E-state index contributed by atoms with van der Waals surface area (Å²) in [5.74, 6) is -1.50. The average molecular weight is 315 g/mol. The number of esters is 1. The number of hydrogen-bond acceptors (Lipinski definition) is 3. The number of carbonyl (C=O) groups excluding carboxylic acids is 1. The third-order valence-electron chi connectivity index (χ3n) is 2.06. The fraction of sp³-hybridized carbons (Fsp3) is 0.385. The predicted octanol–water partition coefficient (Wildman–Crippen LogP) is 3.03. The van der Waals surface area contributed by atoms with Crippen molar-refractivity contribution in [3.8, 4) is 0 Å². The van der Waals surface area contributed by atoms with Crippen LogP contribution in [0.5, 0.6) is 0 Å². The smallest absolute Gasteiger partial charge is 0.336 e. The van der Waals surface area contributed by atoms with Crippen LogP contribution in [0.3, 0.4) is 0 Å². The number of hydrogen-bond donors (Lipinski definition) is 1. The molecule has 0 bridgehead atoms. The van der Waals surface area contributed by atoms with Crippen molar-refractivity contribution < 1.29 is 19.4 Å². The Morgan fingerprint density at radius 2 is 1.94 bits per heavy atom. The lowest BCUT2D eigenvalue weighted by atomic mass is 10.0.